The van der Waals surface area contributed by atoms with Crippen molar-refractivity contribution < 1.29 is 9.47 Å². The molecule has 0 N–H and O–H groups in total. The van der Waals surface area contributed by atoms with Crippen molar-refractivity contribution in [2.75, 3.05) is 13.7 Å². The van der Waals surface area contributed by atoms with Gasteiger partial charge >= 0.3 is 0 Å². The highest BCUT2D eigenvalue weighted by molar-refractivity contribution is 7.81. The largest absolute Gasteiger partial charge is 0.351 e. The van der Waals surface area contributed by atoms with Crippen LogP contribution in [0.2, 0.25) is 0 Å². The number of thiocarbonyl (C=S) groups is 1. The molecule has 14 heavy (non-hydrogen) atoms. The highest BCUT2D eigenvalue weighted by atomic mass is 32.1. The summed E-state index contributed by atoms with van der Waals surface area (Å²) < 4.78 is 10.5. The van der Waals surface area contributed by atoms with E-state index in [1.165, 1.54) is 0 Å². The first-order valence-corrected chi connectivity index (χ1v) is 4.94. The molecule has 0 aliphatic rings. The summed E-state index contributed by atoms with van der Waals surface area (Å²) in [5.74, 6) is 0. The quantitative estimate of drug-likeness (QED) is 0.422. The average molecular weight is 210 g/mol. The minimum atomic E-state index is -0.419. The van der Waals surface area contributed by atoms with Gasteiger partial charge in [0.1, 0.15) is 0 Å². The molecule has 1 aromatic carbocycles. The topological polar surface area (TPSA) is 18.5 Å². The van der Waals surface area contributed by atoms with E-state index in [0.717, 1.165) is 5.56 Å². The van der Waals surface area contributed by atoms with Crippen LogP contribution in [-0.2, 0) is 9.47 Å². The molecule has 0 aliphatic heterocycles. The van der Waals surface area contributed by atoms with Crippen LogP contribution in [0.25, 0.3) is 0 Å². The van der Waals surface area contributed by atoms with E-state index in [-0.39, 0.29) is 0 Å². The lowest BCUT2D eigenvalue weighted by molar-refractivity contribution is -0.0700. The number of rotatable bonds is 5. The maximum absolute atomic E-state index is 5.34. The summed E-state index contributed by atoms with van der Waals surface area (Å²) in [6.45, 7) is 2.51. The first-order chi connectivity index (χ1) is 6.79. The molecule has 0 fully saturated rings. The predicted octanol–water partition coefficient (Wildman–Crippen LogP) is 2.41. The number of ether oxygens (including phenoxy) is 2. The van der Waals surface area contributed by atoms with E-state index < -0.39 is 6.29 Å². The average Bonchev–Trinajstić information content (AvgIpc) is 2.26. The van der Waals surface area contributed by atoms with E-state index >= 15 is 0 Å². The van der Waals surface area contributed by atoms with E-state index in [9.17, 15) is 0 Å². The molecule has 76 valence electrons. The minimum absolute atomic E-state index is 0.419. The first kappa shape index (κ1) is 11.3. The van der Waals surface area contributed by atoms with Crippen LogP contribution in [-0.4, -0.2) is 24.9 Å². The molecule has 0 aliphatic carbocycles. The third-order valence-corrected chi connectivity index (χ3v) is 2.23. The van der Waals surface area contributed by atoms with Gasteiger partial charge in [0.05, 0.1) is 4.86 Å². The van der Waals surface area contributed by atoms with E-state index in [0.29, 0.717) is 11.5 Å². The fourth-order valence-electron chi connectivity index (χ4n) is 1.14. The monoisotopic (exact) mass is 210 g/mol. The van der Waals surface area contributed by atoms with Crippen LogP contribution >= 0.6 is 12.2 Å². The molecule has 0 saturated heterocycles. The Hall–Kier alpha value is -0.770. The SMILES string of the molecule is CCOC(OC)C(=S)c1ccccc1. The lowest BCUT2D eigenvalue weighted by Gasteiger charge is -2.16. The van der Waals surface area contributed by atoms with Crippen molar-refractivity contribution >= 4 is 17.1 Å². The Balaban J connectivity index is 2.73. The van der Waals surface area contributed by atoms with Gasteiger partial charge in [0.15, 0.2) is 6.29 Å². The maximum atomic E-state index is 5.34. The van der Waals surface area contributed by atoms with Crippen LogP contribution in [0.4, 0.5) is 0 Å². The van der Waals surface area contributed by atoms with Gasteiger partial charge in [-0.1, -0.05) is 42.5 Å². The molecule has 0 radical (unpaired) electrons. The zero-order valence-corrected chi connectivity index (χ0v) is 9.21. The van der Waals surface area contributed by atoms with Crippen molar-refractivity contribution in [2.24, 2.45) is 0 Å². The fraction of sp³-hybridized carbons (Fsp3) is 0.364. The molecular weight excluding hydrogens is 196 g/mol. The van der Waals surface area contributed by atoms with Crippen LogP contribution in [0, 0.1) is 0 Å². The van der Waals surface area contributed by atoms with Crippen LogP contribution in [0.5, 0.6) is 0 Å². The van der Waals surface area contributed by atoms with Crippen molar-refractivity contribution in [1.82, 2.24) is 0 Å². The van der Waals surface area contributed by atoms with Gasteiger partial charge in [-0.15, -0.1) is 0 Å². The Bertz CT molecular complexity index is 285. The van der Waals surface area contributed by atoms with Gasteiger partial charge in [0.2, 0.25) is 0 Å². The Labute approximate surface area is 89.8 Å². The van der Waals surface area contributed by atoms with Crippen molar-refractivity contribution in [3.8, 4) is 0 Å². The van der Waals surface area contributed by atoms with Crippen LogP contribution < -0.4 is 0 Å². The Morgan fingerprint density at radius 1 is 1.36 bits per heavy atom. The van der Waals surface area contributed by atoms with Gasteiger partial charge in [-0.2, -0.15) is 0 Å². The highest BCUT2D eigenvalue weighted by Gasteiger charge is 2.14. The normalized spacial score (nSPS) is 12.4. The van der Waals surface area contributed by atoms with E-state index in [1.54, 1.807) is 7.11 Å². The summed E-state index contributed by atoms with van der Waals surface area (Å²) in [4.78, 5) is 0.690. The van der Waals surface area contributed by atoms with Gasteiger partial charge in [0, 0.05) is 13.7 Å². The minimum Gasteiger partial charge on any atom is -0.351 e. The van der Waals surface area contributed by atoms with Crippen LogP contribution in [0.1, 0.15) is 12.5 Å². The lowest BCUT2D eigenvalue weighted by atomic mass is 10.1. The molecule has 0 amide bonds. The van der Waals surface area contributed by atoms with Crippen molar-refractivity contribution in [1.29, 1.82) is 0 Å². The molecule has 0 heterocycles. The maximum Gasteiger partial charge on any atom is 0.194 e. The number of hydrogen-bond acceptors (Lipinski definition) is 3. The van der Waals surface area contributed by atoms with Crippen molar-refractivity contribution in [3.63, 3.8) is 0 Å². The van der Waals surface area contributed by atoms with E-state index in [1.807, 2.05) is 37.3 Å². The molecular formula is C11H14O2S. The lowest BCUT2D eigenvalue weighted by Crippen LogP contribution is -2.25. The Morgan fingerprint density at radius 3 is 2.50 bits per heavy atom. The highest BCUT2D eigenvalue weighted by Crippen LogP contribution is 2.08. The fourth-order valence-corrected chi connectivity index (χ4v) is 1.44. The summed E-state index contributed by atoms with van der Waals surface area (Å²) in [6, 6.07) is 9.75. The van der Waals surface area contributed by atoms with Gasteiger partial charge in [-0.05, 0) is 12.5 Å². The second kappa shape index (κ2) is 5.86. The number of hydrogen-bond donors (Lipinski definition) is 0. The molecule has 3 heteroatoms. The zero-order valence-electron chi connectivity index (χ0n) is 8.40. The number of methoxy groups -OCH3 is 1. The Morgan fingerprint density at radius 2 is 2.00 bits per heavy atom. The summed E-state index contributed by atoms with van der Waals surface area (Å²) in [7, 11) is 1.59. The van der Waals surface area contributed by atoms with E-state index in [4.69, 9.17) is 21.7 Å². The third kappa shape index (κ3) is 2.87. The standard InChI is InChI=1S/C11H14O2S/c1-3-13-11(12-2)10(14)9-7-5-4-6-8-9/h4-8,11H,3H2,1-2H3. The van der Waals surface area contributed by atoms with E-state index in [2.05, 4.69) is 0 Å². The van der Waals surface area contributed by atoms with Crippen molar-refractivity contribution in [2.45, 2.75) is 13.2 Å². The number of benzene rings is 1. The van der Waals surface area contributed by atoms with Gasteiger partial charge < -0.3 is 9.47 Å². The summed E-state index contributed by atoms with van der Waals surface area (Å²) in [5.41, 5.74) is 0.975. The third-order valence-electron chi connectivity index (χ3n) is 1.80. The van der Waals surface area contributed by atoms with Gasteiger partial charge in [0.25, 0.3) is 0 Å². The molecule has 0 bridgehead atoms. The molecule has 1 unspecified atom stereocenters. The first-order valence-electron chi connectivity index (χ1n) is 4.53. The molecule has 0 aromatic heterocycles. The summed E-state index contributed by atoms with van der Waals surface area (Å²) in [6.07, 6.45) is -0.419. The molecule has 2 nitrogen and oxygen atoms in total. The molecule has 0 spiro atoms. The molecule has 0 saturated carbocycles. The second-order valence-corrected chi connectivity index (χ2v) is 3.19. The smallest absolute Gasteiger partial charge is 0.194 e. The Kier molecular flexibility index (Phi) is 4.73. The summed E-state index contributed by atoms with van der Waals surface area (Å²) in [5, 5.41) is 0. The predicted molar refractivity (Wildman–Crippen MR) is 60.6 cm³/mol. The van der Waals surface area contributed by atoms with Crippen molar-refractivity contribution in [3.05, 3.63) is 35.9 Å². The van der Waals surface area contributed by atoms with Crippen LogP contribution in [0.3, 0.4) is 0 Å². The zero-order chi connectivity index (χ0) is 10.4. The summed E-state index contributed by atoms with van der Waals surface area (Å²) >= 11 is 5.26. The van der Waals surface area contributed by atoms with Crippen LogP contribution in [0.15, 0.2) is 30.3 Å². The van der Waals surface area contributed by atoms with Gasteiger partial charge in [-0.25, -0.2) is 0 Å². The second-order valence-electron chi connectivity index (χ2n) is 2.75. The molecule has 1 aromatic rings. The molecule has 1 rings (SSSR count). The molecule has 1 atom stereocenters. The van der Waals surface area contributed by atoms with Gasteiger partial charge in [-0.3, -0.25) is 0 Å².